The van der Waals surface area contributed by atoms with Gasteiger partial charge in [0.05, 0.1) is 12.9 Å². The predicted molar refractivity (Wildman–Crippen MR) is 88.5 cm³/mol. The SMILES string of the molecule is Nc1ncnc2c1ncn2[C@@H]1O[C@H](COP(=O)(O)N(P(=O)([O-])[O-])P(=O)([O-])[O-])[C@@H](O)[C@H]1O.[Li+].[Li+].[Li+].[Li+]. The number of anilines is 1. The molecular weight excluding hydrogens is 517 g/mol. The van der Waals surface area contributed by atoms with Crippen molar-refractivity contribution >= 4 is 40.2 Å². The Bertz CT molecular complexity index is 1110. The molecule has 0 aromatic carbocycles. The first-order valence-electron chi connectivity index (χ1n) is 7.92. The molecule has 1 aliphatic heterocycles. The molecule has 3 heterocycles. The number of nitrogen functional groups attached to an aromatic ring is 1. The van der Waals surface area contributed by atoms with E-state index in [2.05, 4.69) is 19.5 Å². The van der Waals surface area contributed by atoms with Crippen LogP contribution in [0, 0.1) is 0 Å². The molecule has 3 rings (SSSR count). The van der Waals surface area contributed by atoms with Crippen molar-refractivity contribution in [3.8, 4) is 0 Å². The molecule has 0 saturated carbocycles. The van der Waals surface area contributed by atoms with E-state index in [0.29, 0.717) is 0 Å². The fourth-order valence-corrected chi connectivity index (χ4v) is 6.83. The van der Waals surface area contributed by atoms with Crippen molar-refractivity contribution in [1.29, 1.82) is 0 Å². The van der Waals surface area contributed by atoms with E-state index >= 15 is 0 Å². The summed E-state index contributed by atoms with van der Waals surface area (Å²) in [5.41, 5.74) is 5.86. The van der Waals surface area contributed by atoms with Crippen molar-refractivity contribution < 1.29 is 133 Å². The third kappa shape index (κ3) is 8.26. The fraction of sp³-hybridized carbons (Fsp3) is 0.500. The molecule has 25 heteroatoms. The molecule has 5 N–H and O–H groups in total. The van der Waals surface area contributed by atoms with Crippen LogP contribution in [0.25, 0.3) is 11.2 Å². The summed E-state index contributed by atoms with van der Waals surface area (Å²) in [4.78, 5) is 64.9. The van der Waals surface area contributed by atoms with E-state index in [0.717, 1.165) is 17.2 Å². The molecule has 0 amide bonds. The molecule has 1 saturated heterocycles. The van der Waals surface area contributed by atoms with Crippen LogP contribution in [0.4, 0.5) is 5.82 Å². The van der Waals surface area contributed by atoms with Gasteiger partial charge in [-0.2, -0.15) is 4.21 Å². The van der Waals surface area contributed by atoms with Crippen LogP contribution in [0.1, 0.15) is 6.23 Å². The molecule has 1 fully saturated rings. The number of hydrogen-bond donors (Lipinski definition) is 4. The van der Waals surface area contributed by atoms with Crippen molar-refractivity contribution in [3.05, 3.63) is 12.7 Å². The number of nitrogens with two attached hydrogens (primary N) is 1. The number of hydrogen-bond acceptors (Lipinski definition) is 15. The van der Waals surface area contributed by atoms with E-state index < -0.39 is 58.6 Å². The van der Waals surface area contributed by atoms with Gasteiger partial charge in [-0.25, -0.2) is 19.5 Å². The van der Waals surface area contributed by atoms with Crippen LogP contribution in [0.5, 0.6) is 0 Å². The Labute approximate surface area is 245 Å². The Morgan fingerprint density at radius 2 is 1.57 bits per heavy atom. The third-order valence-electron chi connectivity index (χ3n) is 4.07. The summed E-state index contributed by atoms with van der Waals surface area (Å²) in [5, 5.41) is 20.4. The maximum atomic E-state index is 11.9. The Kier molecular flexibility index (Phi) is 15.2. The van der Waals surface area contributed by atoms with Gasteiger partial charge >= 0.3 is 83.2 Å². The zero-order chi connectivity index (χ0) is 23.4. The molecule has 2 aromatic heterocycles. The predicted octanol–water partition coefficient (Wildman–Crippen LogP) is -16.9. The van der Waals surface area contributed by atoms with E-state index in [1.165, 1.54) is 0 Å². The third-order valence-corrected chi connectivity index (χ3v) is 9.87. The molecule has 1 aliphatic rings. The average Bonchev–Trinajstić information content (AvgIpc) is 3.13. The number of aromatic nitrogens is 4. The minimum Gasteiger partial charge on any atom is -0.799 e. The largest absolute Gasteiger partial charge is 1.00 e. The van der Waals surface area contributed by atoms with Gasteiger partial charge in [-0.05, 0) is 0 Å². The van der Waals surface area contributed by atoms with Crippen molar-refractivity contribution in [2.75, 3.05) is 12.3 Å². The molecule has 0 aliphatic carbocycles. The number of imidazole rings is 1. The van der Waals surface area contributed by atoms with Gasteiger partial charge in [-0.15, -0.1) is 0 Å². The first-order valence-corrected chi connectivity index (χ1v) is 12.4. The van der Waals surface area contributed by atoms with Gasteiger partial charge in [0.25, 0.3) is 0 Å². The quantitative estimate of drug-likeness (QED) is 0.191. The molecule has 0 radical (unpaired) electrons. The van der Waals surface area contributed by atoms with Crippen LogP contribution in [0.15, 0.2) is 12.7 Å². The second kappa shape index (κ2) is 13.9. The van der Waals surface area contributed by atoms with Crippen LogP contribution in [-0.2, 0) is 23.0 Å². The first-order chi connectivity index (χ1) is 14.1. The second-order valence-electron chi connectivity index (χ2n) is 6.12. The summed E-state index contributed by atoms with van der Waals surface area (Å²) in [6.07, 6.45) is -4.34. The Hall–Kier alpha value is 1.03. The van der Waals surface area contributed by atoms with Crippen LogP contribution in [0.2, 0.25) is 0 Å². The number of rotatable bonds is 7. The average molecular weight is 530 g/mol. The zero-order valence-corrected chi connectivity index (χ0v) is 21.5. The molecule has 18 nitrogen and oxygen atoms in total. The summed E-state index contributed by atoms with van der Waals surface area (Å²) in [7, 11) is -19.2. The van der Waals surface area contributed by atoms with E-state index in [1.54, 1.807) is 0 Å². The first kappa shape index (κ1) is 38.2. The maximum Gasteiger partial charge on any atom is 1.00 e. The van der Waals surface area contributed by atoms with Crippen LogP contribution in [-0.4, -0.2) is 63.8 Å². The summed E-state index contributed by atoms with van der Waals surface area (Å²) in [6.45, 7) is -1.21. The molecule has 5 atom stereocenters. The van der Waals surface area contributed by atoms with Crippen molar-refractivity contribution in [2.24, 2.45) is 0 Å². The zero-order valence-electron chi connectivity index (χ0n) is 18.8. The van der Waals surface area contributed by atoms with Crippen molar-refractivity contribution in [3.63, 3.8) is 0 Å². The van der Waals surface area contributed by atoms with Gasteiger partial charge in [0.2, 0.25) is 0 Å². The summed E-state index contributed by atoms with van der Waals surface area (Å²) in [5.74, 6) is -0.00251. The smallest absolute Gasteiger partial charge is 0.799 e. The standard InChI is InChI=1S/C10H17N6O12P3.4Li/c11-8-5-9(13-2-12-8)15(3-14-5)10-7(18)6(17)4(28-10)1-27-31(25,26)16(29(19,20)21)30(22,23)24;;;;/h2-4,6-7,10,17-18H,1H2,(H,25,26)(H2,11,12,13)(H2,19,20,21)(H2,22,23,24);;;;/q;4*+1/p-4/t4-,6-,7-,10-;;;;/m1..../s1. The van der Waals surface area contributed by atoms with E-state index in [4.69, 9.17) is 10.5 Å². The topological polar surface area (TPSA) is 295 Å². The molecule has 0 spiro atoms. The second-order valence-corrected chi connectivity index (χ2v) is 11.4. The van der Waals surface area contributed by atoms with Gasteiger partial charge in [0, 0.05) is 15.5 Å². The molecule has 174 valence electrons. The Morgan fingerprint density at radius 3 is 2.09 bits per heavy atom. The van der Waals surface area contributed by atoms with Gasteiger partial charge in [-0.3, -0.25) is 9.09 Å². The van der Waals surface area contributed by atoms with Crippen molar-refractivity contribution in [1.82, 2.24) is 23.7 Å². The number of ether oxygens (including phenoxy) is 1. The minimum absolute atomic E-state index is 0. The van der Waals surface area contributed by atoms with Gasteiger partial charge in [0.15, 0.2) is 17.7 Å². The van der Waals surface area contributed by atoms with Gasteiger partial charge in [0.1, 0.15) is 30.2 Å². The van der Waals surface area contributed by atoms with Crippen molar-refractivity contribution in [2.45, 2.75) is 24.5 Å². The summed E-state index contributed by atoms with van der Waals surface area (Å²) >= 11 is 0. The number of aliphatic hydroxyl groups excluding tert-OH is 2. The number of aliphatic hydroxyl groups is 2. The Balaban J connectivity index is 0. The number of nitrogens with zero attached hydrogens (tertiary/aromatic N) is 5. The van der Waals surface area contributed by atoms with E-state index in [9.17, 15) is 48.4 Å². The van der Waals surface area contributed by atoms with E-state index in [1.807, 2.05) is 0 Å². The maximum absolute atomic E-state index is 11.9. The van der Waals surface area contributed by atoms with E-state index in [-0.39, 0.29) is 92.4 Å². The minimum atomic E-state index is -6.58. The molecule has 0 bridgehead atoms. The molecular formula is C10H13Li4N6O12P3. The molecule has 2 aromatic rings. The van der Waals surface area contributed by atoms with Crippen LogP contribution in [0.3, 0.4) is 0 Å². The normalized spacial score (nSPS) is 24.0. The monoisotopic (exact) mass is 530 g/mol. The summed E-state index contributed by atoms with van der Waals surface area (Å²) < 4.78 is 42.8. The molecule has 35 heavy (non-hydrogen) atoms. The molecule has 1 unspecified atom stereocenters. The van der Waals surface area contributed by atoms with Gasteiger partial charge < -0.3 is 54.3 Å². The number of fused-ring (bicyclic) bond motifs is 1. The Morgan fingerprint density at radius 1 is 1.03 bits per heavy atom. The summed E-state index contributed by atoms with van der Waals surface area (Å²) in [6, 6.07) is 0. The fourth-order valence-electron chi connectivity index (χ4n) is 2.79. The van der Waals surface area contributed by atoms with Crippen LogP contribution < -0.4 is 101 Å². The van der Waals surface area contributed by atoms with Gasteiger partial charge in [-0.1, -0.05) is 0 Å². The van der Waals surface area contributed by atoms with Crippen LogP contribution >= 0.6 is 23.2 Å².